The summed E-state index contributed by atoms with van der Waals surface area (Å²) in [5.41, 5.74) is 0. The number of benzene rings is 1. The first kappa shape index (κ1) is 11.1. The smallest absolute Gasteiger partial charge is 0.411 e. The highest BCUT2D eigenvalue weighted by Crippen LogP contribution is 2.49. The van der Waals surface area contributed by atoms with Gasteiger partial charge in [-0.1, -0.05) is 27.7 Å². The van der Waals surface area contributed by atoms with E-state index < -0.39 is 7.67 Å². The van der Waals surface area contributed by atoms with Crippen molar-refractivity contribution < 1.29 is 18.7 Å². The van der Waals surface area contributed by atoms with Crippen molar-refractivity contribution in [1.82, 2.24) is 0 Å². The molecule has 0 fully saturated rings. The average molecular weight is 224 g/mol. The molecule has 0 aliphatic carbocycles. The highest BCUT2D eigenvalue weighted by Gasteiger charge is 2.23. The number of para-hydroxylation sites is 1. The number of hydrogen-bond donors (Lipinski definition) is 0. The number of nitrogens with zero attached hydrogens (tertiary/aromatic N) is 2. The van der Waals surface area contributed by atoms with Gasteiger partial charge in [0.05, 0.1) is 0 Å². The van der Waals surface area contributed by atoms with E-state index in [0.717, 1.165) is 12.2 Å². The minimum absolute atomic E-state index is 0.179. The minimum Gasteiger partial charge on any atom is -0.411 e. The molecule has 0 aliphatic heterocycles. The maximum atomic E-state index is 11.5. The number of carbonyl (C=O) groups excluding carboxylic acids is 2. The SMILES string of the molecule is O=C=NP(=O)(N=C=O)Oc1ccccc1. The van der Waals surface area contributed by atoms with Crippen molar-refractivity contribution in [1.29, 1.82) is 0 Å². The zero-order valence-electron chi connectivity index (χ0n) is 7.36. The van der Waals surface area contributed by atoms with Crippen LogP contribution in [0.4, 0.5) is 0 Å². The fourth-order valence-corrected chi connectivity index (χ4v) is 1.51. The summed E-state index contributed by atoms with van der Waals surface area (Å²) in [6.07, 6.45) is 2.06. The van der Waals surface area contributed by atoms with Gasteiger partial charge in [0, 0.05) is 0 Å². The molecule has 0 aliphatic rings. The summed E-state index contributed by atoms with van der Waals surface area (Å²) in [6.45, 7) is 0. The van der Waals surface area contributed by atoms with Gasteiger partial charge in [-0.05, 0) is 12.1 Å². The van der Waals surface area contributed by atoms with Gasteiger partial charge in [-0.15, -0.1) is 0 Å². The van der Waals surface area contributed by atoms with Crippen LogP contribution in [0.15, 0.2) is 39.9 Å². The first-order valence-corrected chi connectivity index (χ1v) is 5.27. The second kappa shape index (κ2) is 5.03. The third-order valence-corrected chi connectivity index (χ3v) is 2.42. The van der Waals surface area contributed by atoms with Gasteiger partial charge in [-0.2, -0.15) is 0 Å². The topological polar surface area (TPSA) is 85.2 Å². The molecular weight excluding hydrogens is 219 g/mol. The molecule has 7 heteroatoms. The molecule has 0 aromatic heterocycles. The predicted molar refractivity (Wildman–Crippen MR) is 50.9 cm³/mol. The standard InChI is InChI=1S/C8H5N2O4P/c11-6-9-15(13,10-7-12)14-8-4-2-1-3-5-8/h1-5H. The Hall–Kier alpha value is -1.99. The van der Waals surface area contributed by atoms with E-state index in [-0.39, 0.29) is 5.75 Å². The van der Waals surface area contributed by atoms with E-state index in [0.29, 0.717) is 0 Å². The van der Waals surface area contributed by atoms with Crippen LogP contribution in [0.5, 0.6) is 5.75 Å². The summed E-state index contributed by atoms with van der Waals surface area (Å²) in [5.74, 6) is 0.179. The van der Waals surface area contributed by atoms with E-state index in [2.05, 4.69) is 9.53 Å². The van der Waals surface area contributed by atoms with Crippen LogP contribution in [-0.4, -0.2) is 12.2 Å². The van der Waals surface area contributed by atoms with E-state index in [9.17, 15) is 14.2 Å². The van der Waals surface area contributed by atoms with Gasteiger partial charge >= 0.3 is 7.67 Å². The molecule has 0 radical (unpaired) electrons. The van der Waals surface area contributed by atoms with E-state index >= 15 is 0 Å². The molecule has 6 nitrogen and oxygen atoms in total. The second-order valence-electron chi connectivity index (χ2n) is 2.28. The summed E-state index contributed by atoms with van der Waals surface area (Å²) < 4.78 is 22.0. The quantitative estimate of drug-likeness (QED) is 0.443. The minimum atomic E-state index is -4.04. The van der Waals surface area contributed by atoms with Crippen molar-refractivity contribution in [2.75, 3.05) is 0 Å². The lowest BCUT2D eigenvalue weighted by Gasteiger charge is -2.05. The van der Waals surface area contributed by atoms with Crippen LogP contribution >= 0.6 is 7.67 Å². The number of hydrogen-bond acceptors (Lipinski definition) is 4. The summed E-state index contributed by atoms with van der Waals surface area (Å²) in [4.78, 5) is 19.9. The molecule has 0 atom stereocenters. The molecule has 0 saturated heterocycles. The molecule has 76 valence electrons. The van der Waals surface area contributed by atoms with Crippen LogP contribution in [-0.2, 0) is 14.2 Å². The average Bonchev–Trinajstić information content (AvgIpc) is 2.19. The van der Waals surface area contributed by atoms with E-state index in [4.69, 9.17) is 4.52 Å². The molecule has 15 heavy (non-hydrogen) atoms. The molecule has 1 aromatic carbocycles. The van der Waals surface area contributed by atoms with Crippen molar-refractivity contribution >= 4 is 19.8 Å². The lowest BCUT2D eigenvalue weighted by Crippen LogP contribution is -1.87. The van der Waals surface area contributed by atoms with Gasteiger partial charge in [-0.3, -0.25) is 0 Å². The third kappa shape index (κ3) is 3.33. The van der Waals surface area contributed by atoms with Crippen LogP contribution in [0.1, 0.15) is 0 Å². The molecule has 0 unspecified atom stereocenters. The Kier molecular flexibility index (Phi) is 3.72. The first-order chi connectivity index (χ1) is 7.20. The molecule has 0 N–H and O–H groups in total. The summed E-state index contributed by atoms with van der Waals surface area (Å²) in [7, 11) is -4.04. The molecule has 0 bridgehead atoms. The van der Waals surface area contributed by atoms with Crippen LogP contribution in [0, 0.1) is 0 Å². The molecule has 0 saturated carbocycles. The van der Waals surface area contributed by atoms with Gasteiger partial charge in [0.25, 0.3) is 0 Å². The first-order valence-electron chi connectivity index (χ1n) is 3.74. The zero-order valence-corrected chi connectivity index (χ0v) is 8.26. The van der Waals surface area contributed by atoms with E-state index in [1.165, 1.54) is 12.1 Å². The van der Waals surface area contributed by atoms with Crippen LogP contribution < -0.4 is 4.52 Å². The van der Waals surface area contributed by atoms with Crippen molar-refractivity contribution in [3.8, 4) is 5.75 Å². The number of rotatable bonds is 4. The third-order valence-electron chi connectivity index (χ3n) is 1.30. The fraction of sp³-hybridized carbons (Fsp3) is 0. The Morgan fingerprint density at radius 3 is 2.07 bits per heavy atom. The Morgan fingerprint density at radius 2 is 1.60 bits per heavy atom. The maximum absolute atomic E-state index is 11.5. The Labute approximate surface area is 84.9 Å². The summed E-state index contributed by atoms with van der Waals surface area (Å²) in [5, 5.41) is 0. The van der Waals surface area contributed by atoms with Crippen LogP contribution in [0.3, 0.4) is 0 Å². The molecule has 0 spiro atoms. The molecule has 1 aromatic rings. The van der Waals surface area contributed by atoms with Crippen LogP contribution in [0.25, 0.3) is 0 Å². The van der Waals surface area contributed by atoms with Gasteiger partial charge < -0.3 is 4.52 Å². The Morgan fingerprint density at radius 1 is 1.07 bits per heavy atom. The zero-order chi connectivity index (χ0) is 11.1. The largest absolute Gasteiger partial charge is 0.507 e. The molecule has 0 heterocycles. The van der Waals surface area contributed by atoms with Crippen molar-refractivity contribution in [3.05, 3.63) is 30.3 Å². The highest BCUT2D eigenvalue weighted by atomic mass is 31.2. The Balaban J connectivity index is 3.00. The summed E-state index contributed by atoms with van der Waals surface area (Å²) in [6, 6.07) is 7.91. The fourth-order valence-electron chi connectivity index (χ4n) is 0.785. The Bertz CT molecular complexity index is 453. The van der Waals surface area contributed by atoms with Crippen molar-refractivity contribution in [2.45, 2.75) is 0 Å². The van der Waals surface area contributed by atoms with Gasteiger partial charge in [-0.25, -0.2) is 14.2 Å². The van der Waals surface area contributed by atoms with Gasteiger partial charge in [0.2, 0.25) is 12.2 Å². The van der Waals surface area contributed by atoms with Gasteiger partial charge in [0.15, 0.2) is 0 Å². The predicted octanol–water partition coefficient (Wildman–Crippen LogP) is 1.85. The normalized spacial score (nSPS) is 12.8. The second-order valence-corrected chi connectivity index (χ2v) is 3.84. The lowest BCUT2D eigenvalue weighted by atomic mass is 10.3. The summed E-state index contributed by atoms with van der Waals surface area (Å²) >= 11 is 0. The lowest BCUT2D eigenvalue weighted by molar-refractivity contribution is 0.482. The van der Waals surface area contributed by atoms with Crippen molar-refractivity contribution in [2.24, 2.45) is 9.53 Å². The van der Waals surface area contributed by atoms with Gasteiger partial charge in [0.1, 0.15) is 5.75 Å². The van der Waals surface area contributed by atoms with E-state index in [1.807, 2.05) is 0 Å². The highest BCUT2D eigenvalue weighted by molar-refractivity contribution is 7.56. The molecule has 0 amide bonds. The van der Waals surface area contributed by atoms with Crippen LogP contribution in [0.2, 0.25) is 0 Å². The maximum Gasteiger partial charge on any atom is 0.507 e. The molecular formula is C8H5N2O4P. The number of isocyanates is 2. The van der Waals surface area contributed by atoms with E-state index in [1.54, 1.807) is 18.2 Å². The monoisotopic (exact) mass is 224 g/mol. The molecule has 1 rings (SSSR count). The van der Waals surface area contributed by atoms with Crippen molar-refractivity contribution in [3.63, 3.8) is 0 Å².